The van der Waals surface area contributed by atoms with E-state index in [1.54, 1.807) is 6.07 Å². The number of carbonyl (C=O) groups is 1. The number of thiophene rings is 1. The molecule has 5 nitrogen and oxygen atoms in total. The first-order chi connectivity index (χ1) is 10.8. The van der Waals surface area contributed by atoms with Crippen LogP contribution in [0.5, 0.6) is 0 Å². The number of nitrogens with zero attached hydrogens (tertiary/aromatic N) is 3. The topological polar surface area (TPSA) is 59.3 Å². The molecule has 9 heteroatoms. The van der Waals surface area contributed by atoms with E-state index in [0.717, 1.165) is 17.0 Å². The Bertz CT molecular complexity index is 868. The normalized spacial score (nSPS) is 11.8. The van der Waals surface area contributed by atoms with Gasteiger partial charge in [-0.05, 0) is 31.2 Å². The lowest BCUT2D eigenvalue weighted by molar-refractivity contribution is -0.137. The summed E-state index contributed by atoms with van der Waals surface area (Å²) in [7, 11) is 0. The maximum Gasteiger partial charge on any atom is 0.416 e. The van der Waals surface area contributed by atoms with Crippen molar-refractivity contribution in [3.05, 3.63) is 51.6 Å². The van der Waals surface area contributed by atoms with Crippen molar-refractivity contribution in [1.82, 2.24) is 19.9 Å². The summed E-state index contributed by atoms with van der Waals surface area (Å²) >= 11 is 1.36. The number of hydrogen-bond acceptors (Lipinski definition) is 4. The van der Waals surface area contributed by atoms with Gasteiger partial charge >= 0.3 is 6.18 Å². The van der Waals surface area contributed by atoms with Gasteiger partial charge in [0.25, 0.3) is 5.91 Å². The molecule has 0 aliphatic rings. The lowest BCUT2D eigenvalue weighted by Gasteiger charge is -2.07. The highest BCUT2D eigenvalue weighted by Crippen LogP contribution is 2.29. The van der Waals surface area contributed by atoms with Crippen LogP contribution in [0.4, 0.5) is 13.2 Å². The van der Waals surface area contributed by atoms with E-state index in [0.29, 0.717) is 10.7 Å². The van der Waals surface area contributed by atoms with E-state index in [2.05, 4.69) is 15.5 Å². The molecule has 0 aliphatic heterocycles. The number of carbonyl (C=O) groups excluding carboxylic acids is 1. The van der Waals surface area contributed by atoms with Crippen LogP contribution in [0.3, 0.4) is 0 Å². The van der Waals surface area contributed by atoms with Crippen LogP contribution in [-0.4, -0.2) is 20.5 Å². The van der Waals surface area contributed by atoms with Gasteiger partial charge in [0.2, 0.25) is 0 Å². The molecule has 3 aromatic heterocycles. The van der Waals surface area contributed by atoms with Crippen molar-refractivity contribution >= 4 is 22.9 Å². The first kappa shape index (κ1) is 15.5. The molecule has 0 bridgehead atoms. The highest BCUT2D eigenvalue weighted by Gasteiger charge is 2.31. The summed E-state index contributed by atoms with van der Waals surface area (Å²) < 4.78 is 39.4. The van der Waals surface area contributed by atoms with Crippen LogP contribution < -0.4 is 5.32 Å². The number of hydrogen-bond donors (Lipinski definition) is 1. The third-order valence-corrected chi connectivity index (χ3v) is 4.18. The highest BCUT2D eigenvalue weighted by molar-refractivity contribution is 7.13. The second kappa shape index (κ2) is 5.65. The van der Waals surface area contributed by atoms with E-state index >= 15 is 0 Å². The molecule has 1 N–H and O–H groups in total. The first-order valence-corrected chi connectivity index (χ1v) is 7.42. The van der Waals surface area contributed by atoms with E-state index < -0.39 is 11.7 Å². The summed E-state index contributed by atoms with van der Waals surface area (Å²) in [6.45, 7) is 1.97. The summed E-state index contributed by atoms with van der Waals surface area (Å²) in [5, 5.41) is 10.2. The van der Waals surface area contributed by atoms with Gasteiger partial charge in [-0.25, -0.2) is 0 Å². The molecule has 0 saturated heterocycles. The zero-order valence-electron chi connectivity index (χ0n) is 11.9. The predicted molar refractivity (Wildman–Crippen MR) is 78.2 cm³/mol. The molecule has 0 unspecified atom stereocenters. The molecule has 0 radical (unpaired) electrons. The largest absolute Gasteiger partial charge is 0.416 e. The van der Waals surface area contributed by atoms with Crippen molar-refractivity contribution in [2.24, 2.45) is 0 Å². The second-order valence-corrected chi connectivity index (χ2v) is 6.14. The molecule has 23 heavy (non-hydrogen) atoms. The standard InChI is InChI=1S/C14H11F3N4OS/c1-8-2-3-10(23-8)13(22)18-7-12-20-19-11-6-9(14(15,16)17)4-5-21(11)12/h2-6H,7H2,1H3,(H,18,22). The minimum atomic E-state index is -4.43. The zero-order chi connectivity index (χ0) is 16.6. The first-order valence-electron chi connectivity index (χ1n) is 6.60. The van der Waals surface area contributed by atoms with E-state index in [4.69, 9.17) is 0 Å². The third kappa shape index (κ3) is 3.19. The number of amides is 1. The highest BCUT2D eigenvalue weighted by atomic mass is 32.1. The lowest BCUT2D eigenvalue weighted by Crippen LogP contribution is -2.23. The molecular weight excluding hydrogens is 329 g/mol. The van der Waals surface area contributed by atoms with Gasteiger partial charge in [0.1, 0.15) is 0 Å². The van der Waals surface area contributed by atoms with Gasteiger partial charge < -0.3 is 5.32 Å². The minimum Gasteiger partial charge on any atom is -0.344 e. The third-order valence-electron chi connectivity index (χ3n) is 3.18. The number of aromatic nitrogens is 3. The molecule has 0 aliphatic carbocycles. The quantitative estimate of drug-likeness (QED) is 0.797. The molecule has 1 amide bonds. The zero-order valence-corrected chi connectivity index (χ0v) is 12.7. The lowest BCUT2D eigenvalue weighted by atomic mass is 10.2. The predicted octanol–water partition coefficient (Wildman–Crippen LogP) is 3.05. The second-order valence-electron chi connectivity index (χ2n) is 4.85. The molecule has 3 heterocycles. The SMILES string of the molecule is Cc1ccc(C(=O)NCc2nnc3cc(C(F)(F)F)ccn23)s1. The number of nitrogens with one attached hydrogen (secondary N) is 1. The van der Waals surface area contributed by atoms with Crippen LogP contribution in [0.1, 0.15) is 25.9 Å². The Morgan fingerprint density at radius 2 is 2.09 bits per heavy atom. The molecule has 0 atom stereocenters. The Morgan fingerprint density at radius 1 is 1.30 bits per heavy atom. The summed E-state index contributed by atoms with van der Waals surface area (Å²) in [4.78, 5) is 13.5. The number of pyridine rings is 1. The number of aryl methyl sites for hydroxylation is 1. The van der Waals surface area contributed by atoms with E-state index in [9.17, 15) is 18.0 Å². The average molecular weight is 340 g/mol. The van der Waals surface area contributed by atoms with Gasteiger partial charge in [0.15, 0.2) is 11.5 Å². The molecule has 120 valence electrons. The summed E-state index contributed by atoms with van der Waals surface area (Å²) in [6.07, 6.45) is -3.19. The van der Waals surface area contributed by atoms with Crippen molar-refractivity contribution in [3.63, 3.8) is 0 Å². The molecule has 3 aromatic rings. The Balaban J connectivity index is 1.77. The Morgan fingerprint density at radius 3 is 2.74 bits per heavy atom. The van der Waals surface area contributed by atoms with E-state index in [1.165, 1.54) is 21.9 Å². The number of alkyl halides is 3. The van der Waals surface area contributed by atoms with Gasteiger partial charge in [-0.15, -0.1) is 21.5 Å². The smallest absolute Gasteiger partial charge is 0.344 e. The van der Waals surface area contributed by atoms with Crippen LogP contribution in [0.2, 0.25) is 0 Å². The van der Waals surface area contributed by atoms with Crippen LogP contribution in [0, 0.1) is 6.92 Å². The van der Waals surface area contributed by atoms with Crippen molar-refractivity contribution < 1.29 is 18.0 Å². The van der Waals surface area contributed by atoms with Crippen molar-refractivity contribution in [2.45, 2.75) is 19.6 Å². The Labute approximate surface area is 132 Å². The molecule has 3 rings (SSSR count). The summed E-state index contributed by atoms with van der Waals surface area (Å²) in [5.74, 6) is 0.0992. The molecule has 0 fully saturated rings. The van der Waals surface area contributed by atoms with E-state index in [1.807, 2.05) is 13.0 Å². The van der Waals surface area contributed by atoms with Gasteiger partial charge in [0, 0.05) is 11.1 Å². The van der Waals surface area contributed by atoms with Gasteiger partial charge in [-0.3, -0.25) is 9.20 Å². The fraction of sp³-hybridized carbons (Fsp3) is 0.214. The monoisotopic (exact) mass is 340 g/mol. The van der Waals surface area contributed by atoms with Crippen LogP contribution in [-0.2, 0) is 12.7 Å². The Kier molecular flexibility index (Phi) is 3.80. The molecular formula is C14H11F3N4OS. The maximum atomic E-state index is 12.7. The fourth-order valence-corrected chi connectivity index (χ4v) is 2.82. The van der Waals surface area contributed by atoms with Crippen molar-refractivity contribution in [3.8, 4) is 0 Å². The van der Waals surface area contributed by atoms with Crippen LogP contribution in [0.25, 0.3) is 5.65 Å². The van der Waals surface area contributed by atoms with Gasteiger partial charge in [-0.2, -0.15) is 13.2 Å². The number of fused-ring (bicyclic) bond motifs is 1. The molecule has 0 aromatic carbocycles. The average Bonchev–Trinajstić information content (AvgIpc) is 3.09. The summed E-state index contributed by atoms with van der Waals surface area (Å²) in [6, 6.07) is 5.42. The van der Waals surface area contributed by atoms with Crippen molar-refractivity contribution in [2.75, 3.05) is 0 Å². The molecule has 0 saturated carbocycles. The summed E-state index contributed by atoms with van der Waals surface area (Å²) in [5.41, 5.74) is -0.710. The van der Waals surface area contributed by atoms with Crippen LogP contribution in [0.15, 0.2) is 30.5 Å². The minimum absolute atomic E-state index is 0.0717. The fourth-order valence-electron chi connectivity index (χ4n) is 2.04. The maximum absolute atomic E-state index is 12.7. The molecule has 0 spiro atoms. The van der Waals surface area contributed by atoms with E-state index in [-0.39, 0.29) is 18.1 Å². The Hall–Kier alpha value is -2.42. The van der Waals surface area contributed by atoms with Crippen molar-refractivity contribution in [1.29, 1.82) is 0 Å². The van der Waals surface area contributed by atoms with Gasteiger partial charge in [-0.1, -0.05) is 0 Å². The number of rotatable bonds is 3. The van der Waals surface area contributed by atoms with Crippen LogP contribution >= 0.6 is 11.3 Å². The van der Waals surface area contributed by atoms with Gasteiger partial charge in [0.05, 0.1) is 17.0 Å². The number of halogens is 3.